The summed E-state index contributed by atoms with van der Waals surface area (Å²) in [6.07, 6.45) is 0.468. The third-order valence-electron chi connectivity index (χ3n) is 0.544. The SMILES string of the molecule is CC(C)[O][In]([CH3])[CH3]. The summed E-state index contributed by atoms with van der Waals surface area (Å²) in [6.45, 7) is 4.19. The molecule has 0 saturated heterocycles. The molecule has 0 aliphatic heterocycles. The second-order valence-electron chi connectivity index (χ2n) is 2.23. The van der Waals surface area contributed by atoms with E-state index in [-0.39, 0.29) is 0 Å². The van der Waals surface area contributed by atoms with Crippen LogP contribution in [0.4, 0.5) is 0 Å². The fraction of sp³-hybridized carbons (Fsp3) is 1.00. The molecule has 1 nitrogen and oxygen atoms in total. The normalized spacial score (nSPS) is 9.86. The maximum absolute atomic E-state index is 5.46. The number of hydrogen-bond acceptors (Lipinski definition) is 1. The van der Waals surface area contributed by atoms with Crippen LogP contribution in [0.25, 0.3) is 0 Å². The first-order valence-electron chi connectivity index (χ1n) is 2.78. The van der Waals surface area contributed by atoms with Gasteiger partial charge in [0, 0.05) is 0 Å². The summed E-state index contributed by atoms with van der Waals surface area (Å²) < 4.78 is 9.96. The molecule has 0 aromatic rings. The molecule has 0 aromatic heterocycles. The summed E-state index contributed by atoms with van der Waals surface area (Å²) in [5.41, 5.74) is 0. The standard InChI is InChI=1S/C3H7O.2CH3.In/c1-3(2)4;;;/h3H,1-2H3;2*1H3;/q-1;;;+1. The van der Waals surface area contributed by atoms with Crippen molar-refractivity contribution in [3.63, 3.8) is 0 Å². The Bertz CT molecular complexity index is 37.3. The van der Waals surface area contributed by atoms with Gasteiger partial charge in [-0.2, -0.15) is 0 Å². The van der Waals surface area contributed by atoms with Gasteiger partial charge in [-0.3, -0.25) is 0 Å². The third kappa shape index (κ3) is 6.83. The molecule has 0 unspecified atom stereocenters. The molecule has 0 radical (unpaired) electrons. The number of hydrogen-bond donors (Lipinski definition) is 0. The minimum atomic E-state index is -1.29. The molecule has 0 N–H and O–H groups in total. The molecule has 0 amide bonds. The van der Waals surface area contributed by atoms with E-state index in [1.54, 1.807) is 0 Å². The van der Waals surface area contributed by atoms with E-state index in [0.717, 1.165) is 0 Å². The summed E-state index contributed by atoms with van der Waals surface area (Å²) in [4.78, 5) is 0. The van der Waals surface area contributed by atoms with Gasteiger partial charge in [-0.15, -0.1) is 0 Å². The van der Waals surface area contributed by atoms with Gasteiger partial charge in [0.25, 0.3) is 0 Å². The van der Waals surface area contributed by atoms with Crippen molar-refractivity contribution in [3.8, 4) is 0 Å². The summed E-state index contributed by atoms with van der Waals surface area (Å²) in [5.74, 6) is 0. The molecule has 0 atom stereocenters. The molecule has 0 fully saturated rings. The molecule has 0 bridgehead atoms. The first-order valence-corrected chi connectivity index (χ1v) is 10.7. The zero-order valence-corrected chi connectivity index (χ0v) is 8.86. The van der Waals surface area contributed by atoms with Gasteiger partial charge < -0.3 is 0 Å². The van der Waals surface area contributed by atoms with Crippen molar-refractivity contribution in [2.24, 2.45) is 0 Å². The molecule has 0 spiro atoms. The molecule has 0 heterocycles. The van der Waals surface area contributed by atoms with Crippen LogP contribution < -0.4 is 0 Å². The van der Waals surface area contributed by atoms with Crippen LogP contribution in [-0.2, 0) is 2.85 Å². The van der Waals surface area contributed by atoms with Crippen molar-refractivity contribution in [1.82, 2.24) is 0 Å². The van der Waals surface area contributed by atoms with E-state index in [9.17, 15) is 0 Å². The van der Waals surface area contributed by atoms with Crippen LogP contribution in [-0.4, -0.2) is 28.0 Å². The molecule has 0 aliphatic carbocycles. The Kier molecular flexibility index (Phi) is 4.24. The molecular weight excluding hydrogens is 191 g/mol. The summed E-state index contributed by atoms with van der Waals surface area (Å²) >= 11 is -1.29. The van der Waals surface area contributed by atoms with Crippen molar-refractivity contribution in [1.29, 1.82) is 0 Å². The van der Waals surface area contributed by atoms with E-state index in [0.29, 0.717) is 6.10 Å². The van der Waals surface area contributed by atoms with Gasteiger partial charge in [0.2, 0.25) is 0 Å². The van der Waals surface area contributed by atoms with Gasteiger partial charge >= 0.3 is 54.0 Å². The second-order valence-corrected chi connectivity index (χ2v) is 9.00. The summed E-state index contributed by atoms with van der Waals surface area (Å²) in [6, 6.07) is 0. The second kappa shape index (κ2) is 3.79. The van der Waals surface area contributed by atoms with Gasteiger partial charge in [-0.05, 0) is 0 Å². The van der Waals surface area contributed by atoms with Gasteiger partial charge in [0.15, 0.2) is 0 Å². The third-order valence-corrected chi connectivity index (χ3v) is 3.65. The van der Waals surface area contributed by atoms with Crippen LogP contribution in [0.5, 0.6) is 0 Å². The van der Waals surface area contributed by atoms with Crippen molar-refractivity contribution in [2.75, 3.05) is 0 Å². The predicted molar refractivity (Wildman–Crippen MR) is 33.7 cm³/mol. The van der Waals surface area contributed by atoms with Crippen molar-refractivity contribution in [3.05, 3.63) is 0 Å². The van der Waals surface area contributed by atoms with Crippen LogP contribution in [0.15, 0.2) is 0 Å². The molecular formula is C5H13InO. The van der Waals surface area contributed by atoms with Crippen molar-refractivity contribution in [2.45, 2.75) is 29.3 Å². The van der Waals surface area contributed by atoms with Crippen LogP contribution >= 0.6 is 0 Å². The monoisotopic (exact) mass is 204 g/mol. The van der Waals surface area contributed by atoms with Gasteiger partial charge in [-0.25, -0.2) is 0 Å². The zero-order valence-electron chi connectivity index (χ0n) is 5.56. The molecule has 0 rings (SSSR count). The van der Waals surface area contributed by atoms with Crippen LogP contribution in [0.3, 0.4) is 0 Å². The average molecular weight is 204 g/mol. The first-order chi connectivity index (χ1) is 3.13. The quantitative estimate of drug-likeness (QED) is 0.664. The fourth-order valence-corrected chi connectivity index (χ4v) is 3.65. The Hall–Kier alpha value is 0.830. The van der Waals surface area contributed by atoms with E-state index in [1.807, 2.05) is 0 Å². The topological polar surface area (TPSA) is 9.23 Å². The molecule has 0 aromatic carbocycles. The van der Waals surface area contributed by atoms with Gasteiger partial charge in [0.1, 0.15) is 0 Å². The zero-order chi connectivity index (χ0) is 5.86. The van der Waals surface area contributed by atoms with E-state index in [2.05, 4.69) is 23.2 Å². The van der Waals surface area contributed by atoms with Crippen LogP contribution in [0, 0.1) is 0 Å². The van der Waals surface area contributed by atoms with Gasteiger partial charge in [0.05, 0.1) is 0 Å². The van der Waals surface area contributed by atoms with Crippen molar-refractivity contribution >= 4 is 21.9 Å². The summed E-state index contributed by atoms with van der Waals surface area (Å²) in [7, 11) is 0. The van der Waals surface area contributed by atoms with E-state index < -0.39 is 21.9 Å². The molecule has 42 valence electrons. The van der Waals surface area contributed by atoms with Gasteiger partial charge in [-0.1, -0.05) is 0 Å². The Balaban J connectivity index is 2.95. The average Bonchev–Trinajstić information content (AvgIpc) is 1.27. The maximum atomic E-state index is 5.46. The van der Waals surface area contributed by atoms with E-state index >= 15 is 0 Å². The minimum absolute atomic E-state index is 0.468. The molecule has 2 heteroatoms. The molecule has 7 heavy (non-hydrogen) atoms. The van der Waals surface area contributed by atoms with Crippen molar-refractivity contribution < 1.29 is 2.85 Å². The predicted octanol–water partition coefficient (Wildman–Crippen LogP) is 1.66. The Morgan fingerprint density at radius 3 is 1.71 bits per heavy atom. The summed E-state index contributed by atoms with van der Waals surface area (Å²) in [5, 5.41) is 0. The fourth-order valence-electron chi connectivity index (χ4n) is 0.544. The molecule has 0 saturated carbocycles. The first kappa shape index (κ1) is 7.83. The van der Waals surface area contributed by atoms with E-state index in [1.165, 1.54) is 0 Å². The Morgan fingerprint density at radius 2 is 1.71 bits per heavy atom. The van der Waals surface area contributed by atoms with Crippen LogP contribution in [0.2, 0.25) is 9.36 Å². The van der Waals surface area contributed by atoms with Crippen LogP contribution in [0.1, 0.15) is 13.8 Å². The molecule has 0 aliphatic rings. The Labute approximate surface area is 54.2 Å². The number of rotatable bonds is 2. The van der Waals surface area contributed by atoms with E-state index in [4.69, 9.17) is 2.85 Å². The Morgan fingerprint density at radius 1 is 1.29 bits per heavy atom.